The molecule has 1 saturated carbocycles. The molecule has 27 heavy (non-hydrogen) atoms. The van der Waals surface area contributed by atoms with Gasteiger partial charge in [-0.05, 0) is 43.2 Å². The highest BCUT2D eigenvalue weighted by atomic mass is 16.5. The Balaban J connectivity index is 0.00000126. The van der Waals surface area contributed by atoms with Crippen molar-refractivity contribution >= 4 is 5.91 Å². The van der Waals surface area contributed by atoms with E-state index in [1.54, 1.807) is 19.3 Å². The van der Waals surface area contributed by atoms with Gasteiger partial charge in [-0.3, -0.25) is 9.59 Å². The number of carbonyl (C=O) groups is 1. The maximum absolute atomic E-state index is 12.6. The molecule has 1 heterocycles. The summed E-state index contributed by atoms with van der Waals surface area (Å²) in [5, 5.41) is 3.06. The number of nitrogens with zero attached hydrogens (tertiary/aromatic N) is 1. The van der Waals surface area contributed by atoms with Crippen LogP contribution in [0.5, 0.6) is 5.75 Å². The minimum Gasteiger partial charge on any atom is -0.491 e. The molecule has 1 aromatic carbocycles. The molecule has 1 aliphatic rings. The fraction of sp³-hybridized carbons (Fsp3) is 0.455. The lowest BCUT2D eigenvalue weighted by molar-refractivity contribution is 0.0922. The van der Waals surface area contributed by atoms with Crippen molar-refractivity contribution in [3.63, 3.8) is 0 Å². The number of ether oxygens (including phenoxy) is 1. The van der Waals surface area contributed by atoms with E-state index >= 15 is 0 Å². The van der Waals surface area contributed by atoms with Crippen molar-refractivity contribution in [2.75, 3.05) is 7.11 Å². The molecule has 2 aromatic rings. The lowest BCUT2D eigenvalue weighted by Crippen LogP contribution is -2.38. The maximum Gasteiger partial charge on any atom is 0.293 e. The number of pyridine rings is 1. The van der Waals surface area contributed by atoms with Crippen molar-refractivity contribution in [2.24, 2.45) is 7.05 Å². The van der Waals surface area contributed by atoms with Gasteiger partial charge < -0.3 is 14.6 Å². The first kappa shape index (κ1) is 20.7. The zero-order valence-electron chi connectivity index (χ0n) is 16.7. The van der Waals surface area contributed by atoms with Gasteiger partial charge in [0.15, 0.2) is 5.75 Å². The van der Waals surface area contributed by atoms with Gasteiger partial charge >= 0.3 is 0 Å². The topological polar surface area (TPSA) is 60.3 Å². The molecule has 0 unspecified atom stereocenters. The van der Waals surface area contributed by atoms with E-state index in [2.05, 4.69) is 29.6 Å². The van der Waals surface area contributed by atoms with Crippen molar-refractivity contribution in [1.82, 2.24) is 9.88 Å². The molecule has 0 atom stereocenters. The zero-order valence-corrected chi connectivity index (χ0v) is 16.7. The van der Waals surface area contributed by atoms with Gasteiger partial charge in [-0.25, -0.2) is 0 Å². The van der Waals surface area contributed by atoms with Crippen molar-refractivity contribution in [1.29, 1.82) is 0 Å². The van der Waals surface area contributed by atoms with Gasteiger partial charge in [-0.1, -0.05) is 44.2 Å². The van der Waals surface area contributed by atoms with Crippen LogP contribution in [0.3, 0.4) is 0 Å². The van der Waals surface area contributed by atoms with Crippen molar-refractivity contribution in [3.05, 3.63) is 64.1 Å². The Morgan fingerprint density at radius 2 is 1.70 bits per heavy atom. The minimum atomic E-state index is -0.303. The van der Waals surface area contributed by atoms with E-state index in [9.17, 15) is 9.59 Å². The van der Waals surface area contributed by atoms with E-state index in [-0.39, 0.29) is 23.3 Å². The number of benzene rings is 1. The van der Waals surface area contributed by atoms with Gasteiger partial charge in [-0.15, -0.1) is 0 Å². The molecular weight excluding hydrogens is 340 g/mol. The molecule has 5 heteroatoms. The van der Waals surface area contributed by atoms with Gasteiger partial charge in [0, 0.05) is 19.3 Å². The summed E-state index contributed by atoms with van der Waals surface area (Å²) in [4.78, 5) is 24.6. The molecule has 0 spiro atoms. The first-order valence-corrected chi connectivity index (χ1v) is 9.69. The quantitative estimate of drug-likeness (QED) is 0.888. The number of carbonyl (C=O) groups excluding carboxylic acids is 1. The van der Waals surface area contributed by atoms with Crippen LogP contribution in [-0.2, 0) is 7.05 Å². The number of amides is 1. The van der Waals surface area contributed by atoms with Crippen molar-refractivity contribution < 1.29 is 9.53 Å². The van der Waals surface area contributed by atoms with E-state index in [1.807, 2.05) is 19.9 Å². The van der Waals surface area contributed by atoms with Gasteiger partial charge in [0.25, 0.3) is 11.5 Å². The molecule has 0 bridgehead atoms. The summed E-state index contributed by atoms with van der Waals surface area (Å²) in [7, 11) is 3.05. The summed E-state index contributed by atoms with van der Waals surface area (Å²) >= 11 is 0. The summed E-state index contributed by atoms with van der Waals surface area (Å²) < 4.78 is 6.55. The van der Waals surface area contributed by atoms with Gasteiger partial charge in [0.1, 0.15) is 0 Å². The van der Waals surface area contributed by atoms with Crippen LogP contribution in [0.25, 0.3) is 0 Å². The van der Waals surface area contributed by atoms with Crippen LogP contribution in [0.1, 0.15) is 61.4 Å². The first-order valence-electron chi connectivity index (χ1n) is 9.69. The van der Waals surface area contributed by atoms with Gasteiger partial charge in [0.05, 0.1) is 12.7 Å². The predicted octanol–water partition coefficient (Wildman–Crippen LogP) is 3.88. The average Bonchev–Trinajstić information content (AvgIpc) is 2.72. The summed E-state index contributed by atoms with van der Waals surface area (Å²) in [5.41, 5.74) is 1.37. The largest absolute Gasteiger partial charge is 0.491 e. The molecular formula is C22H30N2O3. The number of hydrogen-bond donors (Lipinski definition) is 1. The molecule has 146 valence electrons. The molecule has 1 aliphatic carbocycles. The van der Waals surface area contributed by atoms with Crippen LogP contribution in [0.15, 0.2) is 47.4 Å². The van der Waals surface area contributed by atoms with Crippen molar-refractivity contribution in [2.45, 2.75) is 51.5 Å². The monoisotopic (exact) mass is 370 g/mol. The van der Waals surface area contributed by atoms with Crippen LogP contribution in [0, 0.1) is 0 Å². The lowest BCUT2D eigenvalue weighted by Gasteiger charge is -2.29. The summed E-state index contributed by atoms with van der Waals surface area (Å²) in [6.07, 6.45) is 5.59. The van der Waals surface area contributed by atoms with E-state index in [0.29, 0.717) is 11.5 Å². The molecule has 3 rings (SSSR count). The average molecular weight is 370 g/mol. The van der Waals surface area contributed by atoms with Gasteiger partial charge in [-0.2, -0.15) is 0 Å². The molecule has 0 radical (unpaired) electrons. The number of nitrogens with one attached hydrogen (secondary N) is 1. The minimum absolute atomic E-state index is 0.0977. The second-order valence-corrected chi connectivity index (χ2v) is 6.61. The van der Waals surface area contributed by atoms with Crippen LogP contribution in [0.4, 0.5) is 0 Å². The van der Waals surface area contributed by atoms with Crippen molar-refractivity contribution in [3.8, 4) is 5.75 Å². The third-order valence-corrected chi connectivity index (χ3v) is 5.01. The normalized spacial score (nSPS) is 18.8. The maximum atomic E-state index is 12.6. The first-order chi connectivity index (χ1) is 13.1. The number of rotatable bonds is 4. The smallest absolute Gasteiger partial charge is 0.293 e. The fourth-order valence-electron chi connectivity index (χ4n) is 3.54. The Labute approximate surface area is 161 Å². The Kier molecular flexibility index (Phi) is 7.65. The van der Waals surface area contributed by atoms with E-state index in [1.165, 1.54) is 17.2 Å². The Bertz CT molecular complexity index is 791. The number of methoxy groups -OCH3 is 1. The summed E-state index contributed by atoms with van der Waals surface area (Å²) in [6.45, 7) is 4.00. The summed E-state index contributed by atoms with van der Waals surface area (Å²) in [5.74, 6) is 0.422. The van der Waals surface area contributed by atoms with E-state index in [0.717, 1.165) is 25.7 Å². The molecule has 1 N–H and O–H groups in total. The zero-order chi connectivity index (χ0) is 19.8. The second-order valence-electron chi connectivity index (χ2n) is 6.61. The number of aromatic nitrogens is 1. The SMILES string of the molecule is CC.COc1c(C(=O)NC2CCC(c3ccccc3)CC2)ccn(C)c1=O. The molecule has 0 aliphatic heterocycles. The van der Waals surface area contributed by atoms with Crippen LogP contribution in [-0.4, -0.2) is 23.6 Å². The highest BCUT2D eigenvalue weighted by Crippen LogP contribution is 2.32. The molecule has 1 aromatic heterocycles. The highest BCUT2D eigenvalue weighted by molar-refractivity contribution is 5.96. The van der Waals surface area contributed by atoms with E-state index in [4.69, 9.17) is 4.74 Å². The third kappa shape index (κ3) is 5.00. The fourth-order valence-corrected chi connectivity index (χ4v) is 3.54. The summed E-state index contributed by atoms with van der Waals surface area (Å²) in [6, 6.07) is 12.3. The predicted molar refractivity (Wildman–Crippen MR) is 108 cm³/mol. The number of aryl methyl sites for hydroxylation is 1. The Hall–Kier alpha value is -2.56. The molecule has 5 nitrogen and oxygen atoms in total. The third-order valence-electron chi connectivity index (χ3n) is 5.01. The molecule has 1 fully saturated rings. The second kappa shape index (κ2) is 9.95. The highest BCUT2D eigenvalue weighted by Gasteiger charge is 2.25. The standard InChI is InChI=1S/C20H24N2O3.C2H6/c1-22-13-12-17(18(25-2)20(22)24)19(23)21-16-10-8-15(9-11-16)14-6-4-3-5-7-14;1-2/h3-7,12-13,15-16H,8-11H2,1-2H3,(H,21,23);1-2H3. The Morgan fingerprint density at radius 1 is 1.07 bits per heavy atom. The Morgan fingerprint density at radius 3 is 2.30 bits per heavy atom. The van der Waals surface area contributed by atoms with Crippen LogP contribution < -0.4 is 15.6 Å². The van der Waals surface area contributed by atoms with Crippen LogP contribution in [0.2, 0.25) is 0 Å². The number of hydrogen-bond acceptors (Lipinski definition) is 3. The van der Waals surface area contributed by atoms with Gasteiger partial charge in [0.2, 0.25) is 0 Å². The van der Waals surface area contributed by atoms with E-state index < -0.39 is 0 Å². The van der Waals surface area contributed by atoms with Crippen LogP contribution >= 0.6 is 0 Å². The lowest BCUT2D eigenvalue weighted by atomic mass is 9.82. The molecule has 0 saturated heterocycles. The molecule has 1 amide bonds.